The molecule has 1 aromatic carbocycles. The summed E-state index contributed by atoms with van der Waals surface area (Å²) in [5, 5.41) is 5.45. The number of hydrogen-bond donors (Lipinski definition) is 1. The van der Waals surface area contributed by atoms with E-state index in [9.17, 15) is 14.4 Å². The number of carbonyl (C=O) groups excluding carboxylic acids is 3. The fourth-order valence-electron chi connectivity index (χ4n) is 2.36. The summed E-state index contributed by atoms with van der Waals surface area (Å²) in [4.78, 5) is 40.4. The third kappa shape index (κ3) is 4.52. The van der Waals surface area contributed by atoms with Gasteiger partial charge < -0.3 is 10.1 Å². The molecule has 2 heterocycles. The van der Waals surface area contributed by atoms with E-state index in [1.54, 1.807) is 29.8 Å². The summed E-state index contributed by atoms with van der Waals surface area (Å²) < 4.78 is 4.92. The minimum absolute atomic E-state index is 0.0325. The van der Waals surface area contributed by atoms with E-state index >= 15 is 0 Å². The van der Waals surface area contributed by atoms with Crippen LogP contribution in [0, 0.1) is 0 Å². The van der Waals surface area contributed by atoms with Crippen molar-refractivity contribution in [1.29, 1.82) is 0 Å². The lowest BCUT2D eigenvalue weighted by Crippen LogP contribution is -2.17. The van der Waals surface area contributed by atoms with Crippen molar-refractivity contribution in [2.75, 3.05) is 11.9 Å². The highest BCUT2D eigenvalue weighted by Crippen LogP contribution is 2.20. The maximum absolute atomic E-state index is 12.1. The van der Waals surface area contributed by atoms with Crippen LogP contribution in [-0.4, -0.2) is 29.3 Å². The normalized spacial score (nSPS) is 10.5. The molecule has 3 aromatic rings. The first-order valence-corrected chi connectivity index (χ1v) is 8.87. The highest BCUT2D eigenvalue weighted by Gasteiger charge is 2.13. The van der Waals surface area contributed by atoms with Crippen molar-refractivity contribution in [3.8, 4) is 0 Å². The fraction of sp³-hybridized carbons (Fsp3) is 0.158. The molecule has 0 aliphatic carbocycles. The number of nitrogens with zero attached hydrogens (tertiary/aromatic N) is 1. The molecule has 1 N–H and O–H groups in total. The van der Waals surface area contributed by atoms with Crippen molar-refractivity contribution >= 4 is 45.6 Å². The van der Waals surface area contributed by atoms with Crippen molar-refractivity contribution in [3.05, 3.63) is 58.9 Å². The Morgan fingerprint density at radius 1 is 1.04 bits per heavy atom. The minimum Gasteiger partial charge on any atom is -0.457 e. The van der Waals surface area contributed by atoms with Gasteiger partial charge >= 0.3 is 5.97 Å². The predicted octanol–water partition coefficient (Wildman–Crippen LogP) is 3.44. The fourth-order valence-corrected chi connectivity index (χ4v) is 3.01. The van der Waals surface area contributed by atoms with E-state index < -0.39 is 5.97 Å². The van der Waals surface area contributed by atoms with E-state index in [1.165, 1.54) is 11.3 Å². The Kier molecular flexibility index (Phi) is 5.70. The summed E-state index contributed by atoms with van der Waals surface area (Å²) in [7, 11) is 0. The summed E-state index contributed by atoms with van der Waals surface area (Å²) in [6.07, 6.45) is 1.52. The lowest BCUT2D eigenvalue weighted by molar-refractivity contribution is -0.143. The molecule has 2 aromatic heterocycles. The first-order chi connectivity index (χ1) is 12.6. The largest absolute Gasteiger partial charge is 0.457 e. The quantitative estimate of drug-likeness (QED) is 0.510. The van der Waals surface area contributed by atoms with Crippen molar-refractivity contribution in [1.82, 2.24) is 4.98 Å². The number of Topliss-reactive ketones (excluding diaryl/α,β-unsaturated/α-hetero) is 1. The minimum atomic E-state index is -0.582. The Bertz CT molecular complexity index is 932. The van der Waals surface area contributed by atoms with Gasteiger partial charge in [0.25, 0.3) is 0 Å². The molecular weight excluding hydrogens is 352 g/mol. The van der Waals surface area contributed by atoms with Crippen molar-refractivity contribution < 1.29 is 19.1 Å². The second kappa shape index (κ2) is 8.35. The number of para-hydroxylation sites is 1. The van der Waals surface area contributed by atoms with Gasteiger partial charge in [0.05, 0.1) is 22.5 Å². The lowest BCUT2D eigenvalue weighted by atomic mass is 10.2. The van der Waals surface area contributed by atoms with Crippen LogP contribution in [0.3, 0.4) is 0 Å². The van der Waals surface area contributed by atoms with E-state index in [1.807, 2.05) is 24.3 Å². The number of nitrogens with one attached hydrogen (secondary N) is 1. The number of ketones is 1. The van der Waals surface area contributed by atoms with Crippen LogP contribution in [0.1, 0.15) is 22.5 Å². The van der Waals surface area contributed by atoms with E-state index in [-0.39, 0.29) is 31.1 Å². The lowest BCUT2D eigenvalue weighted by Gasteiger charge is -2.08. The number of aromatic nitrogens is 1. The van der Waals surface area contributed by atoms with Crippen LogP contribution in [-0.2, 0) is 14.3 Å². The first-order valence-electron chi connectivity index (χ1n) is 7.99. The van der Waals surface area contributed by atoms with Gasteiger partial charge in [-0.3, -0.25) is 19.4 Å². The number of ether oxygens (including phenoxy) is 1. The van der Waals surface area contributed by atoms with Crippen molar-refractivity contribution in [2.45, 2.75) is 12.8 Å². The zero-order valence-corrected chi connectivity index (χ0v) is 14.6. The van der Waals surface area contributed by atoms with Crippen LogP contribution in [0.5, 0.6) is 0 Å². The van der Waals surface area contributed by atoms with Gasteiger partial charge in [0, 0.05) is 18.0 Å². The Balaban J connectivity index is 1.47. The predicted molar refractivity (Wildman–Crippen MR) is 99.2 cm³/mol. The standard InChI is InChI=1S/C19H16N2O4S/c22-15(16-7-3-11-26-16)12-25-18(24)9-8-17(23)21-14-6-1-4-13-5-2-10-20-19(13)14/h1-7,10-11H,8-9,12H2,(H,21,23). The molecule has 0 aliphatic rings. The SMILES string of the molecule is O=C(CCC(=O)OCC(=O)c1cccs1)Nc1cccc2cccnc12. The van der Waals surface area contributed by atoms with Crippen molar-refractivity contribution in [3.63, 3.8) is 0 Å². The van der Waals surface area contributed by atoms with E-state index in [2.05, 4.69) is 10.3 Å². The number of carbonyl (C=O) groups is 3. The van der Waals surface area contributed by atoms with Gasteiger partial charge in [-0.15, -0.1) is 11.3 Å². The number of benzene rings is 1. The van der Waals surface area contributed by atoms with Crippen LogP contribution in [0.4, 0.5) is 5.69 Å². The Morgan fingerprint density at radius 3 is 2.69 bits per heavy atom. The van der Waals surface area contributed by atoms with Gasteiger partial charge in [-0.05, 0) is 23.6 Å². The molecule has 0 saturated carbocycles. The summed E-state index contributed by atoms with van der Waals surface area (Å²) in [5.74, 6) is -1.15. The van der Waals surface area contributed by atoms with Crippen LogP contribution in [0.25, 0.3) is 10.9 Å². The topological polar surface area (TPSA) is 85.4 Å². The van der Waals surface area contributed by atoms with Crippen LogP contribution in [0.15, 0.2) is 54.0 Å². The zero-order chi connectivity index (χ0) is 18.4. The van der Waals surface area contributed by atoms with Gasteiger partial charge in [0.2, 0.25) is 11.7 Å². The Morgan fingerprint density at radius 2 is 1.88 bits per heavy atom. The van der Waals surface area contributed by atoms with Gasteiger partial charge in [0.1, 0.15) is 0 Å². The van der Waals surface area contributed by atoms with Gasteiger partial charge in [-0.2, -0.15) is 0 Å². The number of thiophene rings is 1. The molecule has 0 fully saturated rings. The maximum Gasteiger partial charge on any atom is 0.306 e. The van der Waals surface area contributed by atoms with Crippen LogP contribution in [0.2, 0.25) is 0 Å². The average Bonchev–Trinajstić information content (AvgIpc) is 3.19. The van der Waals surface area contributed by atoms with Gasteiger partial charge in [0.15, 0.2) is 6.61 Å². The van der Waals surface area contributed by atoms with E-state index in [0.29, 0.717) is 16.1 Å². The number of rotatable bonds is 7. The molecule has 0 spiro atoms. The molecule has 3 rings (SSSR count). The second-order valence-corrected chi connectivity index (χ2v) is 6.44. The smallest absolute Gasteiger partial charge is 0.306 e. The molecule has 7 heteroatoms. The zero-order valence-electron chi connectivity index (χ0n) is 13.8. The molecule has 132 valence electrons. The molecule has 0 radical (unpaired) electrons. The number of pyridine rings is 1. The van der Waals surface area contributed by atoms with E-state index in [0.717, 1.165) is 5.39 Å². The monoisotopic (exact) mass is 368 g/mol. The molecule has 0 unspecified atom stereocenters. The van der Waals surface area contributed by atoms with Crippen LogP contribution < -0.4 is 5.32 Å². The summed E-state index contributed by atoms with van der Waals surface area (Å²) in [6, 6.07) is 12.6. The molecule has 0 aliphatic heterocycles. The molecule has 0 atom stereocenters. The highest BCUT2D eigenvalue weighted by atomic mass is 32.1. The average molecular weight is 368 g/mol. The molecule has 1 amide bonds. The van der Waals surface area contributed by atoms with Gasteiger partial charge in [-0.1, -0.05) is 24.3 Å². The summed E-state index contributed by atoms with van der Waals surface area (Å²) in [5.41, 5.74) is 1.28. The van der Waals surface area contributed by atoms with Gasteiger partial charge in [-0.25, -0.2) is 0 Å². The molecule has 6 nitrogen and oxygen atoms in total. The number of anilines is 1. The molecule has 0 bridgehead atoms. The third-order valence-corrected chi connectivity index (χ3v) is 4.53. The highest BCUT2D eigenvalue weighted by molar-refractivity contribution is 7.12. The van der Waals surface area contributed by atoms with Crippen molar-refractivity contribution in [2.24, 2.45) is 0 Å². The Labute approximate surface area is 153 Å². The van der Waals surface area contributed by atoms with E-state index in [4.69, 9.17) is 4.74 Å². The van der Waals surface area contributed by atoms with Crippen LogP contribution >= 0.6 is 11.3 Å². The maximum atomic E-state index is 12.1. The second-order valence-electron chi connectivity index (χ2n) is 5.49. The number of amides is 1. The molecule has 0 saturated heterocycles. The molecular formula is C19H16N2O4S. The Hall–Kier alpha value is -3.06. The summed E-state index contributed by atoms with van der Waals surface area (Å²) >= 11 is 1.29. The third-order valence-electron chi connectivity index (χ3n) is 3.62. The number of esters is 1. The number of fused-ring (bicyclic) bond motifs is 1. The first kappa shape index (κ1) is 17.8. The number of hydrogen-bond acceptors (Lipinski definition) is 6. The summed E-state index contributed by atoms with van der Waals surface area (Å²) in [6.45, 7) is -0.311. The molecule has 26 heavy (non-hydrogen) atoms.